The van der Waals surface area contributed by atoms with Gasteiger partial charge in [-0.15, -0.1) is 0 Å². The Morgan fingerprint density at radius 3 is 2.53 bits per heavy atom. The number of morpholine rings is 1. The van der Waals surface area contributed by atoms with E-state index in [-0.39, 0.29) is 23.5 Å². The quantitative estimate of drug-likeness (QED) is 0.686. The molecule has 0 aromatic heterocycles. The number of hydrogen-bond donors (Lipinski definition) is 2. The Morgan fingerprint density at radius 1 is 1.17 bits per heavy atom. The second-order valence-electron chi connectivity index (χ2n) is 6.68. The standard InChI is InChI=1S/C21H22ClN3O4S/c1-14-12-17(6-7-18(14)22)29-13-19(26)24-21(30)23-16-4-2-15(3-5-16)20(27)25-8-10-28-11-9-25/h2-7,12H,8-11,13H2,1H3,(H2,23,24,26,30). The number of ether oxygens (including phenoxy) is 2. The third kappa shape index (κ3) is 6.16. The minimum Gasteiger partial charge on any atom is -0.484 e. The highest BCUT2D eigenvalue weighted by Crippen LogP contribution is 2.20. The van der Waals surface area contributed by atoms with Gasteiger partial charge in [0.2, 0.25) is 0 Å². The molecule has 3 rings (SSSR count). The number of nitrogens with one attached hydrogen (secondary N) is 2. The van der Waals surface area contributed by atoms with E-state index in [1.165, 1.54) is 0 Å². The number of halogens is 1. The van der Waals surface area contributed by atoms with Gasteiger partial charge in [-0.25, -0.2) is 0 Å². The molecule has 0 atom stereocenters. The van der Waals surface area contributed by atoms with Crippen LogP contribution in [0, 0.1) is 6.92 Å². The van der Waals surface area contributed by atoms with E-state index in [9.17, 15) is 9.59 Å². The van der Waals surface area contributed by atoms with Crippen molar-refractivity contribution in [1.82, 2.24) is 10.2 Å². The third-order valence-electron chi connectivity index (χ3n) is 4.44. The molecule has 2 amide bonds. The van der Waals surface area contributed by atoms with Crippen LogP contribution in [0.2, 0.25) is 5.02 Å². The molecule has 1 saturated heterocycles. The van der Waals surface area contributed by atoms with Crippen LogP contribution in [0.1, 0.15) is 15.9 Å². The van der Waals surface area contributed by atoms with E-state index < -0.39 is 0 Å². The van der Waals surface area contributed by atoms with E-state index in [2.05, 4.69) is 10.6 Å². The number of carbonyl (C=O) groups is 2. The summed E-state index contributed by atoms with van der Waals surface area (Å²) in [6, 6.07) is 12.1. The lowest BCUT2D eigenvalue weighted by Crippen LogP contribution is -2.40. The smallest absolute Gasteiger partial charge is 0.264 e. The number of aryl methyl sites for hydroxylation is 1. The van der Waals surface area contributed by atoms with E-state index in [4.69, 9.17) is 33.3 Å². The molecule has 0 radical (unpaired) electrons. The Bertz CT molecular complexity index is 930. The van der Waals surface area contributed by atoms with Crippen molar-refractivity contribution in [3.8, 4) is 5.75 Å². The van der Waals surface area contributed by atoms with Crippen LogP contribution in [0.15, 0.2) is 42.5 Å². The topological polar surface area (TPSA) is 79.9 Å². The Morgan fingerprint density at radius 2 is 1.87 bits per heavy atom. The third-order valence-corrected chi connectivity index (χ3v) is 5.07. The first kappa shape index (κ1) is 22.0. The molecule has 1 fully saturated rings. The summed E-state index contributed by atoms with van der Waals surface area (Å²) in [7, 11) is 0. The predicted octanol–water partition coefficient (Wildman–Crippen LogP) is 3.01. The van der Waals surface area contributed by atoms with E-state index in [0.29, 0.717) is 48.3 Å². The van der Waals surface area contributed by atoms with Crippen LogP contribution in [0.3, 0.4) is 0 Å². The molecule has 158 valence electrons. The molecular formula is C21H22ClN3O4S. The molecule has 0 saturated carbocycles. The van der Waals surface area contributed by atoms with Crippen LogP contribution in [0.4, 0.5) is 5.69 Å². The zero-order chi connectivity index (χ0) is 21.5. The van der Waals surface area contributed by atoms with E-state index in [1.54, 1.807) is 47.4 Å². The summed E-state index contributed by atoms with van der Waals surface area (Å²) in [5, 5.41) is 6.25. The molecule has 0 bridgehead atoms. The van der Waals surface area contributed by atoms with E-state index >= 15 is 0 Å². The zero-order valence-corrected chi connectivity index (χ0v) is 18.0. The van der Waals surface area contributed by atoms with Gasteiger partial charge in [-0.2, -0.15) is 0 Å². The van der Waals surface area contributed by atoms with Crippen LogP contribution in [-0.2, 0) is 9.53 Å². The molecule has 1 aliphatic heterocycles. The van der Waals surface area contributed by atoms with Crippen LogP contribution < -0.4 is 15.4 Å². The van der Waals surface area contributed by atoms with Gasteiger partial charge in [-0.1, -0.05) is 11.6 Å². The minimum atomic E-state index is -0.390. The fourth-order valence-corrected chi connectivity index (χ4v) is 3.18. The van der Waals surface area contributed by atoms with E-state index in [1.807, 2.05) is 6.92 Å². The number of benzene rings is 2. The fraction of sp³-hybridized carbons (Fsp3) is 0.286. The Hall–Kier alpha value is -2.68. The van der Waals surface area contributed by atoms with Crippen molar-refractivity contribution < 1.29 is 19.1 Å². The lowest BCUT2D eigenvalue weighted by atomic mass is 10.1. The number of carbonyl (C=O) groups excluding carboxylic acids is 2. The van der Waals surface area contributed by atoms with Crippen LogP contribution in [-0.4, -0.2) is 54.7 Å². The number of hydrogen-bond acceptors (Lipinski definition) is 5. The Balaban J connectivity index is 1.46. The van der Waals surface area contributed by atoms with Crippen molar-refractivity contribution in [2.75, 3.05) is 38.2 Å². The molecule has 0 aliphatic carbocycles. The highest BCUT2D eigenvalue weighted by atomic mass is 35.5. The van der Waals surface area contributed by atoms with Gasteiger partial charge in [0.25, 0.3) is 11.8 Å². The summed E-state index contributed by atoms with van der Waals surface area (Å²) in [6.45, 7) is 3.96. The fourth-order valence-electron chi connectivity index (χ4n) is 2.83. The molecule has 2 aromatic carbocycles. The summed E-state index contributed by atoms with van der Waals surface area (Å²) >= 11 is 11.1. The van der Waals surface area contributed by atoms with Gasteiger partial charge in [-0.3, -0.25) is 14.9 Å². The molecule has 2 aromatic rings. The molecule has 30 heavy (non-hydrogen) atoms. The van der Waals surface area contributed by atoms with Gasteiger partial charge in [0.1, 0.15) is 5.75 Å². The molecule has 1 aliphatic rings. The first-order chi connectivity index (χ1) is 14.4. The molecular weight excluding hydrogens is 426 g/mol. The Labute approximate surface area is 185 Å². The maximum atomic E-state index is 12.5. The lowest BCUT2D eigenvalue weighted by Gasteiger charge is -2.26. The van der Waals surface area contributed by atoms with Gasteiger partial charge in [-0.05, 0) is 67.2 Å². The molecule has 2 N–H and O–H groups in total. The molecule has 1 heterocycles. The normalized spacial score (nSPS) is 13.5. The number of rotatable bonds is 5. The highest BCUT2D eigenvalue weighted by molar-refractivity contribution is 7.80. The molecule has 0 unspecified atom stereocenters. The summed E-state index contributed by atoms with van der Waals surface area (Å²) < 4.78 is 10.7. The van der Waals surface area contributed by atoms with E-state index in [0.717, 1.165) is 5.56 Å². The first-order valence-corrected chi connectivity index (χ1v) is 10.2. The van der Waals surface area contributed by atoms with Gasteiger partial charge < -0.3 is 19.7 Å². The molecule has 0 spiro atoms. The van der Waals surface area contributed by atoms with Crippen LogP contribution in [0.5, 0.6) is 5.75 Å². The Kier molecular flexibility index (Phi) is 7.62. The number of thiocarbonyl (C=S) groups is 1. The number of nitrogens with zero attached hydrogens (tertiary/aromatic N) is 1. The predicted molar refractivity (Wildman–Crippen MR) is 119 cm³/mol. The zero-order valence-electron chi connectivity index (χ0n) is 16.4. The minimum absolute atomic E-state index is 0.0321. The summed E-state index contributed by atoms with van der Waals surface area (Å²) in [5.41, 5.74) is 2.11. The van der Waals surface area contributed by atoms with Crippen molar-refractivity contribution in [1.29, 1.82) is 0 Å². The molecule has 9 heteroatoms. The van der Waals surface area contributed by atoms with Crippen LogP contribution >= 0.6 is 23.8 Å². The largest absolute Gasteiger partial charge is 0.484 e. The van der Waals surface area contributed by atoms with Crippen molar-refractivity contribution in [2.24, 2.45) is 0 Å². The van der Waals surface area contributed by atoms with Crippen molar-refractivity contribution >= 4 is 46.4 Å². The second-order valence-corrected chi connectivity index (χ2v) is 7.50. The number of anilines is 1. The maximum Gasteiger partial charge on any atom is 0.264 e. The highest BCUT2D eigenvalue weighted by Gasteiger charge is 2.18. The van der Waals surface area contributed by atoms with Crippen molar-refractivity contribution in [3.63, 3.8) is 0 Å². The second kappa shape index (κ2) is 10.4. The van der Waals surface area contributed by atoms with Crippen molar-refractivity contribution in [2.45, 2.75) is 6.92 Å². The van der Waals surface area contributed by atoms with Gasteiger partial charge in [0, 0.05) is 29.4 Å². The first-order valence-electron chi connectivity index (χ1n) is 9.39. The van der Waals surface area contributed by atoms with Crippen LogP contribution in [0.25, 0.3) is 0 Å². The monoisotopic (exact) mass is 447 g/mol. The number of amides is 2. The van der Waals surface area contributed by atoms with Gasteiger partial charge in [0.05, 0.1) is 13.2 Å². The summed E-state index contributed by atoms with van der Waals surface area (Å²) in [6.07, 6.45) is 0. The van der Waals surface area contributed by atoms with Gasteiger partial charge in [0.15, 0.2) is 11.7 Å². The molecule has 7 nitrogen and oxygen atoms in total. The maximum absolute atomic E-state index is 12.5. The lowest BCUT2D eigenvalue weighted by molar-refractivity contribution is -0.121. The SMILES string of the molecule is Cc1cc(OCC(=O)NC(=S)Nc2ccc(C(=O)N3CCOCC3)cc2)ccc1Cl. The summed E-state index contributed by atoms with van der Waals surface area (Å²) in [5.74, 6) is 0.126. The average Bonchev–Trinajstić information content (AvgIpc) is 2.75. The van der Waals surface area contributed by atoms with Gasteiger partial charge >= 0.3 is 0 Å². The van der Waals surface area contributed by atoms with Crippen molar-refractivity contribution in [3.05, 3.63) is 58.6 Å². The summed E-state index contributed by atoms with van der Waals surface area (Å²) in [4.78, 5) is 26.3. The average molecular weight is 448 g/mol.